The lowest BCUT2D eigenvalue weighted by Gasteiger charge is -2.33. The predicted molar refractivity (Wildman–Crippen MR) is 208 cm³/mol. The normalized spacial score (nSPS) is 14.4. The average molecular weight is 632 g/mol. The second-order valence-corrected chi connectivity index (χ2v) is 13.6. The van der Waals surface area contributed by atoms with E-state index in [9.17, 15) is 0 Å². The van der Waals surface area contributed by atoms with Gasteiger partial charge < -0.3 is 4.90 Å². The predicted octanol–water partition coefficient (Wildman–Crippen LogP) is 13.1. The quantitative estimate of drug-likeness (QED) is 0.176. The molecule has 0 bridgehead atoms. The fourth-order valence-corrected chi connectivity index (χ4v) is 8.19. The van der Waals surface area contributed by atoms with Crippen LogP contribution in [0.15, 0.2) is 182 Å². The minimum atomic E-state index is 0.183. The first-order valence-corrected chi connectivity index (χ1v) is 17.4. The molecule has 0 amide bonds. The minimum Gasteiger partial charge on any atom is -0.334 e. The molecular formula is C46H33NS. The van der Waals surface area contributed by atoms with Gasteiger partial charge >= 0.3 is 0 Å². The molecule has 0 saturated carbocycles. The molecule has 0 radical (unpaired) electrons. The summed E-state index contributed by atoms with van der Waals surface area (Å²) in [6.45, 7) is 0. The molecule has 2 heteroatoms. The van der Waals surface area contributed by atoms with Gasteiger partial charge in [0.15, 0.2) is 0 Å². The van der Waals surface area contributed by atoms with Gasteiger partial charge in [0.05, 0.1) is 6.04 Å². The van der Waals surface area contributed by atoms with Crippen LogP contribution in [0.3, 0.4) is 0 Å². The number of hydrogen-bond donors (Lipinski definition) is 0. The Bertz CT molecular complexity index is 2480. The van der Waals surface area contributed by atoms with Crippen molar-refractivity contribution >= 4 is 59.2 Å². The Morgan fingerprint density at radius 2 is 1.12 bits per heavy atom. The Kier molecular flexibility index (Phi) is 7.22. The van der Waals surface area contributed by atoms with Crippen molar-refractivity contribution < 1.29 is 0 Å². The number of nitrogens with zero attached hydrogens (tertiary/aromatic N) is 1. The van der Waals surface area contributed by atoms with Crippen LogP contribution in [-0.2, 0) is 0 Å². The molecule has 0 spiro atoms. The Morgan fingerprint density at radius 3 is 1.98 bits per heavy atom. The van der Waals surface area contributed by atoms with Gasteiger partial charge in [0.25, 0.3) is 0 Å². The number of allylic oxidation sites excluding steroid dienone is 2. The Labute approximate surface area is 285 Å². The fourth-order valence-electron chi connectivity index (χ4n) is 7.10. The van der Waals surface area contributed by atoms with E-state index in [0.717, 1.165) is 6.42 Å². The molecule has 1 atom stereocenters. The third-order valence-corrected chi connectivity index (χ3v) is 10.7. The van der Waals surface area contributed by atoms with Gasteiger partial charge in [0, 0.05) is 31.5 Å². The van der Waals surface area contributed by atoms with Crippen LogP contribution in [0.5, 0.6) is 0 Å². The summed E-state index contributed by atoms with van der Waals surface area (Å²) in [5, 5.41) is 5.18. The molecular weight excluding hydrogens is 599 g/mol. The summed E-state index contributed by atoms with van der Waals surface area (Å²) in [4.78, 5) is 2.51. The lowest BCUT2D eigenvalue weighted by Crippen LogP contribution is -2.30. The Hall–Kier alpha value is -5.70. The molecule has 9 rings (SSSR count). The standard InChI is InChI=1S/C46H33NS/c1-2-9-32(10-3-1)34-19-23-40(24-20-34)47(42-27-28-46-44(31-42)43-15-6-7-16-45(43)48-46)41-25-21-35(22-26-41)37-13-8-14-38(29-37)39-18-17-33-11-4-5-12-36(33)30-39/h1-25,27-31,41H,26H2. The second-order valence-electron chi connectivity index (χ2n) is 12.5. The highest BCUT2D eigenvalue weighted by Crippen LogP contribution is 2.40. The fraction of sp³-hybridized carbons (Fsp3) is 0.0435. The number of thiophene rings is 1. The van der Waals surface area contributed by atoms with E-state index in [1.807, 2.05) is 11.3 Å². The number of benzene rings is 7. The van der Waals surface area contributed by atoms with E-state index in [2.05, 4.69) is 187 Å². The molecule has 0 fully saturated rings. The first kappa shape index (κ1) is 28.5. The first-order valence-electron chi connectivity index (χ1n) is 16.6. The molecule has 1 aromatic heterocycles. The van der Waals surface area contributed by atoms with Crippen molar-refractivity contribution in [2.45, 2.75) is 12.5 Å². The third kappa shape index (κ3) is 5.31. The summed E-state index contributed by atoms with van der Waals surface area (Å²) >= 11 is 1.87. The smallest absolute Gasteiger partial charge is 0.0560 e. The SMILES string of the molecule is C1=CC(N(c2ccc(-c3ccccc3)cc2)c2ccc3sc4ccccc4c3c2)CC=C1c1cccc(-c2ccc3ccccc3c2)c1. The molecule has 0 aliphatic heterocycles. The molecule has 1 unspecified atom stereocenters. The van der Waals surface area contributed by atoms with Crippen LogP contribution in [0.25, 0.3) is 58.8 Å². The van der Waals surface area contributed by atoms with Gasteiger partial charge in [-0.15, -0.1) is 11.3 Å². The highest BCUT2D eigenvalue weighted by Gasteiger charge is 2.22. The van der Waals surface area contributed by atoms with Crippen LogP contribution in [0, 0.1) is 0 Å². The summed E-state index contributed by atoms with van der Waals surface area (Å²) in [5.74, 6) is 0. The van der Waals surface area contributed by atoms with Gasteiger partial charge in [-0.2, -0.15) is 0 Å². The van der Waals surface area contributed by atoms with Crippen molar-refractivity contribution in [2.24, 2.45) is 0 Å². The Balaban J connectivity index is 1.06. The maximum absolute atomic E-state index is 2.51. The zero-order chi connectivity index (χ0) is 31.9. The molecule has 0 N–H and O–H groups in total. The van der Waals surface area contributed by atoms with Gasteiger partial charge in [0.2, 0.25) is 0 Å². The number of rotatable bonds is 6. The monoisotopic (exact) mass is 631 g/mol. The molecule has 228 valence electrons. The lowest BCUT2D eigenvalue weighted by molar-refractivity contribution is 0.787. The van der Waals surface area contributed by atoms with E-state index in [-0.39, 0.29) is 6.04 Å². The van der Waals surface area contributed by atoms with Crippen molar-refractivity contribution in [3.8, 4) is 22.3 Å². The van der Waals surface area contributed by atoms with E-state index in [1.165, 1.54) is 75.7 Å². The first-order chi connectivity index (χ1) is 23.8. The summed E-state index contributed by atoms with van der Waals surface area (Å²) in [7, 11) is 0. The van der Waals surface area contributed by atoms with Gasteiger partial charge in [-0.3, -0.25) is 0 Å². The number of anilines is 2. The average Bonchev–Trinajstić information content (AvgIpc) is 3.54. The van der Waals surface area contributed by atoms with Gasteiger partial charge in [-0.05, 0) is 99.1 Å². The molecule has 1 heterocycles. The van der Waals surface area contributed by atoms with Crippen LogP contribution in [-0.4, -0.2) is 6.04 Å². The second kappa shape index (κ2) is 12.2. The van der Waals surface area contributed by atoms with Gasteiger partial charge in [0.1, 0.15) is 0 Å². The van der Waals surface area contributed by atoms with E-state index in [4.69, 9.17) is 0 Å². The van der Waals surface area contributed by atoms with Crippen LogP contribution in [0.1, 0.15) is 12.0 Å². The van der Waals surface area contributed by atoms with E-state index in [1.54, 1.807) is 0 Å². The summed E-state index contributed by atoms with van der Waals surface area (Å²) < 4.78 is 2.66. The minimum absolute atomic E-state index is 0.183. The topological polar surface area (TPSA) is 3.24 Å². The number of hydrogen-bond acceptors (Lipinski definition) is 2. The van der Waals surface area contributed by atoms with Gasteiger partial charge in [-0.1, -0.05) is 133 Å². The molecule has 1 aliphatic carbocycles. The number of fused-ring (bicyclic) bond motifs is 4. The van der Waals surface area contributed by atoms with Gasteiger partial charge in [-0.25, -0.2) is 0 Å². The zero-order valence-corrected chi connectivity index (χ0v) is 27.3. The van der Waals surface area contributed by atoms with Crippen molar-refractivity contribution in [1.82, 2.24) is 0 Å². The lowest BCUT2D eigenvalue weighted by atomic mass is 9.93. The van der Waals surface area contributed by atoms with E-state index < -0.39 is 0 Å². The molecule has 0 saturated heterocycles. The molecule has 8 aromatic rings. The van der Waals surface area contributed by atoms with Crippen LogP contribution < -0.4 is 4.90 Å². The largest absolute Gasteiger partial charge is 0.334 e. The molecule has 48 heavy (non-hydrogen) atoms. The van der Waals surface area contributed by atoms with Crippen molar-refractivity contribution in [3.05, 3.63) is 188 Å². The van der Waals surface area contributed by atoms with Crippen molar-refractivity contribution in [2.75, 3.05) is 4.90 Å². The van der Waals surface area contributed by atoms with Crippen LogP contribution in [0.4, 0.5) is 11.4 Å². The summed E-state index contributed by atoms with van der Waals surface area (Å²) in [6.07, 6.45) is 8.03. The maximum Gasteiger partial charge on any atom is 0.0560 e. The van der Waals surface area contributed by atoms with Crippen LogP contribution in [0.2, 0.25) is 0 Å². The zero-order valence-electron chi connectivity index (χ0n) is 26.5. The van der Waals surface area contributed by atoms with E-state index in [0.29, 0.717) is 0 Å². The summed E-state index contributed by atoms with van der Waals surface area (Å²) in [6, 6.07) is 59.9. The van der Waals surface area contributed by atoms with Crippen LogP contribution >= 0.6 is 11.3 Å². The highest BCUT2D eigenvalue weighted by atomic mass is 32.1. The molecule has 1 nitrogen and oxygen atoms in total. The third-order valence-electron chi connectivity index (χ3n) is 9.58. The van der Waals surface area contributed by atoms with E-state index >= 15 is 0 Å². The Morgan fingerprint density at radius 1 is 0.458 bits per heavy atom. The molecule has 7 aromatic carbocycles. The van der Waals surface area contributed by atoms with Crippen molar-refractivity contribution in [3.63, 3.8) is 0 Å². The highest BCUT2D eigenvalue weighted by molar-refractivity contribution is 7.25. The maximum atomic E-state index is 2.51. The van der Waals surface area contributed by atoms with Crippen molar-refractivity contribution in [1.29, 1.82) is 0 Å². The molecule has 1 aliphatic rings. The summed E-state index contributed by atoms with van der Waals surface area (Å²) in [5.41, 5.74) is 9.87.